The molecule has 0 radical (unpaired) electrons. The predicted octanol–water partition coefficient (Wildman–Crippen LogP) is 3.16. The van der Waals surface area contributed by atoms with Crippen LogP contribution in [0.2, 0.25) is 0 Å². The minimum atomic E-state index is -0.889. The molecule has 3 aromatic rings. The van der Waals surface area contributed by atoms with Gasteiger partial charge in [-0.1, -0.05) is 35.6 Å². The number of ether oxygens (including phenoxy) is 6. The van der Waals surface area contributed by atoms with Crippen molar-refractivity contribution in [3.05, 3.63) is 84.5 Å². The molecular weight excluding hydrogens is 588 g/mol. The summed E-state index contributed by atoms with van der Waals surface area (Å²) in [7, 11) is 3.05. The van der Waals surface area contributed by atoms with E-state index in [1.807, 2.05) is 6.92 Å². The summed E-state index contributed by atoms with van der Waals surface area (Å²) in [6.45, 7) is 7.77. The fourth-order valence-electron chi connectivity index (χ4n) is 4.69. The van der Waals surface area contributed by atoms with E-state index < -0.39 is 24.1 Å². The number of nitrogens with zero attached hydrogens (tertiary/aromatic N) is 2. The molecule has 2 atom stereocenters. The zero-order valence-corrected chi connectivity index (χ0v) is 26.4. The molecule has 0 saturated heterocycles. The number of methoxy groups -OCH3 is 2. The molecule has 11 nitrogen and oxygen atoms in total. The lowest BCUT2D eigenvalue weighted by Crippen LogP contribution is -2.40. The maximum atomic E-state index is 14.0. The highest BCUT2D eigenvalue weighted by atomic mass is 32.1. The largest absolute Gasteiger partial charge is 0.493 e. The molecule has 0 N–H and O–H groups in total. The van der Waals surface area contributed by atoms with Crippen LogP contribution in [0.4, 0.5) is 0 Å². The van der Waals surface area contributed by atoms with Gasteiger partial charge in [0.15, 0.2) is 22.4 Å². The zero-order valence-electron chi connectivity index (χ0n) is 25.6. The van der Waals surface area contributed by atoms with Crippen molar-refractivity contribution in [1.29, 1.82) is 0 Å². The molecule has 2 heterocycles. The van der Waals surface area contributed by atoms with E-state index in [0.29, 0.717) is 44.4 Å². The molecule has 1 aliphatic heterocycles. The molecule has 0 bridgehead atoms. The van der Waals surface area contributed by atoms with Gasteiger partial charge in [0.2, 0.25) is 0 Å². The quantitative estimate of drug-likeness (QED) is 0.208. The first-order valence-corrected chi connectivity index (χ1v) is 15.0. The molecule has 4 rings (SSSR count). The van der Waals surface area contributed by atoms with E-state index in [1.54, 1.807) is 69.3 Å². The lowest BCUT2D eigenvalue weighted by Gasteiger charge is -2.27. The van der Waals surface area contributed by atoms with E-state index in [1.165, 1.54) is 30.1 Å². The number of thiazole rings is 1. The van der Waals surface area contributed by atoms with Gasteiger partial charge in [-0.05, 0) is 57.5 Å². The van der Waals surface area contributed by atoms with Gasteiger partial charge < -0.3 is 28.4 Å². The lowest BCUT2D eigenvalue weighted by atomic mass is 9.94. The Morgan fingerprint density at radius 1 is 1.05 bits per heavy atom. The summed E-state index contributed by atoms with van der Waals surface area (Å²) in [6, 6.07) is 11.4. The molecule has 1 aromatic heterocycles. The van der Waals surface area contributed by atoms with Crippen LogP contribution in [0.3, 0.4) is 0 Å². The Hall–Kier alpha value is -4.42. The maximum absolute atomic E-state index is 14.0. The minimum Gasteiger partial charge on any atom is -0.493 e. The third-order valence-electron chi connectivity index (χ3n) is 6.68. The molecule has 0 saturated carbocycles. The number of benzene rings is 2. The van der Waals surface area contributed by atoms with E-state index >= 15 is 0 Å². The lowest BCUT2D eigenvalue weighted by molar-refractivity contribution is -0.150. The van der Waals surface area contributed by atoms with Crippen molar-refractivity contribution < 1.29 is 38.0 Å². The number of hydrogen-bond acceptors (Lipinski definition) is 11. The molecule has 0 amide bonds. The number of rotatable bonds is 13. The van der Waals surface area contributed by atoms with Crippen LogP contribution in [0.5, 0.6) is 17.2 Å². The summed E-state index contributed by atoms with van der Waals surface area (Å²) in [6.07, 6.45) is 0.978. The Morgan fingerprint density at radius 2 is 1.80 bits per heavy atom. The predicted molar refractivity (Wildman–Crippen MR) is 164 cm³/mol. The van der Waals surface area contributed by atoms with E-state index in [-0.39, 0.29) is 31.0 Å². The Labute approximate surface area is 258 Å². The van der Waals surface area contributed by atoms with Crippen molar-refractivity contribution >= 4 is 29.4 Å². The Morgan fingerprint density at radius 3 is 2.45 bits per heavy atom. The fourth-order valence-corrected chi connectivity index (χ4v) is 5.73. The highest BCUT2D eigenvalue weighted by Gasteiger charge is 2.36. The molecule has 0 spiro atoms. The topological polar surface area (TPSA) is 124 Å². The minimum absolute atomic E-state index is 0.0396. The number of aromatic nitrogens is 1. The van der Waals surface area contributed by atoms with Gasteiger partial charge in [0.1, 0.15) is 18.4 Å². The zero-order chi connectivity index (χ0) is 31.8. The van der Waals surface area contributed by atoms with E-state index in [2.05, 4.69) is 4.99 Å². The molecule has 44 heavy (non-hydrogen) atoms. The average Bonchev–Trinajstić information content (AvgIpc) is 3.31. The van der Waals surface area contributed by atoms with Crippen molar-refractivity contribution in [2.24, 2.45) is 4.99 Å². The average molecular weight is 625 g/mol. The standard InChI is InChI=1S/C32H36N2O9S/c1-7-40-28-23(10-9-11-24(28)39-6)27-26(31(37)42-17-16-38-5)19(3)33-32-34(27)29(35)25(44-32)18-21-12-14-22(15-13-21)43-20(4)30(36)41-8-2/h9-15,18,20,27H,7-8,16-17H2,1-6H3/b25-18+/t20-,27+/m0/s1. The number of carbonyl (C=O) groups is 2. The van der Waals surface area contributed by atoms with Gasteiger partial charge in [-0.25, -0.2) is 14.6 Å². The number of allylic oxidation sites excluding steroid dienone is 1. The normalized spacial score (nSPS) is 15.2. The van der Waals surface area contributed by atoms with Crippen LogP contribution in [0.15, 0.2) is 63.5 Å². The highest BCUT2D eigenvalue weighted by molar-refractivity contribution is 7.07. The first-order chi connectivity index (χ1) is 21.2. The van der Waals surface area contributed by atoms with E-state index in [0.717, 1.165) is 5.56 Å². The number of fused-ring (bicyclic) bond motifs is 1. The first-order valence-electron chi connectivity index (χ1n) is 14.2. The van der Waals surface area contributed by atoms with Crippen LogP contribution in [0, 0.1) is 0 Å². The van der Waals surface area contributed by atoms with Crippen LogP contribution in [0.25, 0.3) is 6.08 Å². The van der Waals surface area contributed by atoms with Crippen molar-refractivity contribution in [1.82, 2.24) is 4.57 Å². The Balaban J connectivity index is 1.80. The fraction of sp³-hybridized carbons (Fsp3) is 0.375. The van der Waals surface area contributed by atoms with Gasteiger partial charge in [0, 0.05) is 12.7 Å². The third-order valence-corrected chi connectivity index (χ3v) is 7.67. The van der Waals surface area contributed by atoms with Crippen molar-refractivity contribution in [3.63, 3.8) is 0 Å². The van der Waals surface area contributed by atoms with Gasteiger partial charge in [-0.2, -0.15) is 0 Å². The third kappa shape index (κ3) is 7.03. The highest BCUT2D eigenvalue weighted by Crippen LogP contribution is 2.40. The second kappa shape index (κ2) is 14.8. The van der Waals surface area contributed by atoms with E-state index in [4.69, 9.17) is 28.4 Å². The van der Waals surface area contributed by atoms with Crippen LogP contribution in [0.1, 0.15) is 44.9 Å². The van der Waals surface area contributed by atoms with Crippen LogP contribution < -0.4 is 29.1 Å². The van der Waals surface area contributed by atoms with Crippen LogP contribution in [-0.4, -0.2) is 63.3 Å². The van der Waals surface area contributed by atoms with Crippen LogP contribution >= 0.6 is 11.3 Å². The molecule has 0 aliphatic carbocycles. The molecule has 2 aromatic carbocycles. The smallest absolute Gasteiger partial charge is 0.347 e. The monoisotopic (exact) mass is 624 g/mol. The number of para-hydroxylation sites is 1. The Kier molecular flexibility index (Phi) is 11.0. The number of esters is 2. The molecule has 0 fully saturated rings. The summed E-state index contributed by atoms with van der Waals surface area (Å²) < 4.78 is 34.7. The van der Waals surface area contributed by atoms with Crippen molar-refractivity contribution in [3.8, 4) is 17.2 Å². The number of hydrogen-bond donors (Lipinski definition) is 0. The summed E-state index contributed by atoms with van der Waals surface area (Å²) in [4.78, 5) is 44.5. The van der Waals surface area contributed by atoms with Gasteiger partial charge in [-0.15, -0.1) is 0 Å². The van der Waals surface area contributed by atoms with E-state index in [9.17, 15) is 14.4 Å². The van der Waals surface area contributed by atoms with Crippen LogP contribution in [-0.2, 0) is 23.8 Å². The van der Waals surface area contributed by atoms with Crippen molar-refractivity contribution in [2.45, 2.75) is 39.8 Å². The Bertz CT molecular complexity index is 1710. The van der Waals surface area contributed by atoms with Gasteiger partial charge in [-0.3, -0.25) is 9.36 Å². The van der Waals surface area contributed by atoms with Gasteiger partial charge in [0.05, 0.1) is 42.7 Å². The second-order valence-electron chi connectivity index (χ2n) is 9.60. The molecule has 0 unspecified atom stereocenters. The molecular formula is C32H36N2O9S. The summed E-state index contributed by atoms with van der Waals surface area (Å²) in [5, 5.41) is 0. The summed E-state index contributed by atoms with van der Waals surface area (Å²) in [5.41, 5.74) is 1.59. The summed E-state index contributed by atoms with van der Waals surface area (Å²) >= 11 is 1.21. The SMILES string of the molecule is CCOC(=O)[C@H](C)Oc1ccc(/C=c2/sc3n(c2=O)[C@H](c2cccc(OC)c2OCC)C(C(=O)OCCOC)=C(C)N=3)cc1. The van der Waals surface area contributed by atoms with Gasteiger partial charge in [0.25, 0.3) is 5.56 Å². The summed E-state index contributed by atoms with van der Waals surface area (Å²) in [5.74, 6) is 0.306. The molecule has 234 valence electrons. The van der Waals surface area contributed by atoms with Gasteiger partial charge >= 0.3 is 11.9 Å². The molecule has 1 aliphatic rings. The van der Waals surface area contributed by atoms with Crippen molar-refractivity contribution in [2.75, 3.05) is 40.6 Å². The molecule has 12 heteroatoms. The second-order valence-corrected chi connectivity index (χ2v) is 10.6. The first kappa shape index (κ1) is 32.5. The maximum Gasteiger partial charge on any atom is 0.347 e. The number of carbonyl (C=O) groups excluding carboxylic acids is 2.